The summed E-state index contributed by atoms with van der Waals surface area (Å²) in [4.78, 5) is 28.4. The van der Waals surface area contributed by atoms with Gasteiger partial charge in [-0.1, -0.05) is 13.0 Å². The highest BCUT2D eigenvalue weighted by Gasteiger charge is 2.39. The van der Waals surface area contributed by atoms with Crippen LogP contribution in [0.2, 0.25) is 0 Å². The average molecular weight is 312 g/mol. The fourth-order valence-electron chi connectivity index (χ4n) is 2.49. The lowest BCUT2D eigenvalue weighted by molar-refractivity contribution is -0.117. The molecule has 0 bridgehead atoms. The van der Waals surface area contributed by atoms with E-state index in [9.17, 15) is 9.59 Å². The van der Waals surface area contributed by atoms with E-state index in [1.165, 1.54) is 0 Å². The Morgan fingerprint density at radius 1 is 1.39 bits per heavy atom. The van der Waals surface area contributed by atoms with Crippen molar-refractivity contribution in [1.29, 1.82) is 0 Å². The van der Waals surface area contributed by atoms with Crippen molar-refractivity contribution in [2.75, 3.05) is 5.32 Å². The number of aryl methyl sites for hydroxylation is 1. The van der Waals surface area contributed by atoms with Gasteiger partial charge in [0.15, 0.2) is 0 Å². The molecule has 6 heteroatoms. The van der Waals surface area contributed by atoms with Crippen LogP contribution in [-0.4, -0.2) is 21.4 Å². The number of carbonyl (C=O) groups excluding carboxylic acids is 2. The highest BCUT2D eigenvalue weighted by atomic mass is 16.2. The summed E-state index contributed by atoms with van der Waals surface area (Å²) in [6.07, 6.45) is 4.46. The smallest absolute Gasteiger partial charge is 0.251 e. The molecule has 1 aromatic heterocycles. The third-order valence-corrected chi connectivity index (χ3v) is 4.17. The highest BCUT2D eigenvalue weighted by Crippen LogP contribution is 2.38. The van der Waals surface area contributed by atoms with Crippen LogP contribution < -0.4 is 10.6 Å². The number of hydrogen-bond acceptors (Lipinski definition) is 3. The van der Waals surface area contributed by atoms with Crippen molar-refractivity contribution in [1.82, 2.24) is 14.9 Å². The largest absolute Gasteiger partial charge is 0.345 e. The Hall–Kier alpha value is -2.63. The summed E-state index contributed by atoms with van der Waals surface area (Å²) < 4.78 is 1.85. The Morgan fingerprint density at radius 3 is 2.83 bits per heavy atom. The van der Waals surface area contributed by atoms with Gasteiger partial charge in [0.2, 0.25) is 5.91 Å². The van der Waals surface area contributed by atoms with E-state index in [2.05, 4.69) is 22.5 Å². The van der Waals surface area contributed by atoms with Gasteiger partial charge in [-0.25, -0.2) is 4.98 Å². The average Bonchev–Trinajstić information content (AvgIpc) is 3.13. The first kappa shape index (κ1) is 15.3. The first-order valence-corrected chi connectivity index (χ1v) is 7.70. The molecule has 1 aliphatic rings. The van der Waals surface area contributed by atoms with E-state index in [0.717, 1.165) is 12.2 Å². The van der Waals surface area contributed by atoms with E-state index in [0.29, 0.717) is 23.7 Å². The molecule has 1 fully saturated rings. The number of imidazole rings is 1. The second-order valence-electron chi connectivity index (χ2n) is 6.03. The third kappa shape index (κ3) is 3.59. The molecule has 120 valence electrons. The normalized spacial score (nSPS) is 19.2. The summed E-state index contributed by atoms with van der Waals surface area (Å²) in [5, 5.41) is 5.70. The van der Waals surface area contributed by atoms with Gasteiger partial charge in [0, 0.05) is 36.6 Å². The number of aromatic nitrogens is 2. The van der Waals surface area contributed by atoms with E-state index < -0.39 is 0 Å². The van der Waals surface area contributed by atoms with Crippen molar-refractivity contribution >= 4 is 17.5 Å². The first-order valence-electron chi connectivity index (χ1n) is 7.70. The Kier molecular flexibility index (Phi) is 4.14. The maximum atomic E-state index is 12.2. The minimum absolute atomic E-state index is 0.0306. The van der Waals surface area contributed by atoms with Crippen LogP contribution in [-0.2, 0) is 18.4 Å². The molecule has 0 unspecified atom stereocenters. The van der Waals surface area contributed by atoms with Gasteiger partial charge < -0.3 is 15.2 Å². The number of benzene rings is 1. The molecular formula is C17H20N4O2. The summed E-state index contributed by atoms with van der Waals surface area (Å²) in [5.74, 6) is 1.19. The van der Waals surface area contributed by atoms with Gasteiger partial charge >= 0.3 is 0 Å². The fourth-order valence-corrected chi connectivity index (χ4v) is 2.49. The molecule has 1 aliphatic carbocycles. The first-order chi connectivity index (χ1) is 11.0. The molecule has 2 N–H and O–H groups in total. The molecule has 6 nitrogen and oxygen atoms in total. The quantitative estimate of drug-likeness (QED) is 0.886. The monoisotopic (exact) mass is 312 g/mol. The third-order valence-electron chi connectivity index (χ3n) is 4.17. The summed E-state index contributed by atoms with van der Waals surface area (Å²) in [5.41, 5.74) is 1.17. The van der Waals surface area contributed by atoms with E-state index >= 15 is 0 Å². The molecule has 0 radical (unpaired) electrons. The Balaban J connectivity index is 1.61. The molecule has 2 atom stereocenters. The lowest BCUT2D eigenvalue weighted by atomic mass is 10.2. The summed E-state index contributed by atoms with van der Waals surface area (Å²) in [7, 11) is 1.88. The zero-order valence-corrected chi connectivity index (χ0v) is 13.2. The van der Waals surface area contributed by atoms with E-state index in [4.69, 9.17) is 0 Å². The van der Waals surface area contributed by atoms with Gasteiger partial charge in [-0.2, -0.15) is 0 Å². The fraction of sp³-hybridized carbons (Fsp3) is 0.353. The molecule has 2 aromatic rings. The van der Waals surface area contributed by atoms with Crippen LogP contribution in [0.4, 0.5) is 5.69 Å². The van der Waals surface area contributed by atoms with Gasteiger partial charge in [0.25, 0.3) is 5.91 Å². The Labute approximate surface area is 134 Å². The highest BCUT2D eigenvalue weighted by molar-refractivity contribution is 5.98. The van der Waals surface area contributed by atoms with Gasteiger partial charge in [-0.3, -0.25) is 9.59 Å². The lowest BCUT2D eigenvalue weighted by Crippen LogP contribution is -2.24. The molecular weight excluding hydrogens is 292 g/mol. The van der Waals surface area contributed by atoms with Crippen LogP contribution in [0, 0.1) is 11.8 Å². The van der Waals surface area contributed by atoms with Crippen LogP contribution in [0.15, 0.2) is 36.7 Å². The Bertz CT molecular complexity index is 738. The second-order valence-corrected chi connectivity index (χ2v) is 6.03. The molecule has 3 rings (SSSR count). The van der Waals surface area contributed by atoms with Crippen LogP contribution in [0.25, 0.3) is 0 Å². The minimum atomic E-state index is -0.191. The van der Waals surface area contributed by atoms with Crippen molar-refractivity contribution in [2.45, 2.75) is 19.9 Å². The molecule has 2 amide bonds. The maximum absolute atomic E-state index is 12.2. The van der Waals surface area contributed by atoms with Gasteiger partial charge in [0.05, 0.1) is 6.54 Å². The van der Waals surface area contributed by atoms with Crippen molar-refractivity contribution in [3.05, 3.63) is 48.0 Å². The SMILES string of the molecule is C[C@H]1C[C@H]1C(=O)Nc1cccc(C(=O)NCc2nccn2C)c1. The molecule has 1 heterocycles. The number of nitrogens with one attached hydrogen (secondary N) is 2. The topological polar surface area (TPSA) is 76.0 Å². The number of nitrogens with zero attached hydrogens (tertiary/aromatic N) is 2. The number of anilines is 1. The number of carbonyl (C=O) groups is 2. The zero-order chi connectivity index (χ0) is 16.4. The summed E-state index contributed by atoms with van der Waals surface area (Å²) >= 11 is 0. The minimum Gasteiger partial charge on any atom is -0.345 e. The number of amides is 2. The number of hydrogen-bond donors (Lipinski definition) is 2. The van der Waals surface area contributed by atoms with Crippen LogP contribution in [0.3, 0.4) is 0 Å². The summed E-state index contributed by atoms with van der Waals surface area (Å²) in [6, 6.07) is 6.98. The predicted octanol–water partition coefficient (Wildman–Crippen LogP) is 1.94. The van der Waals surface area contributed by atoms with Crippen molar-refractivity contribution in [3.63, 3.8) is 0 Å². The molecule has 1 saturated carbocycles. The van der Waals surface area contributed by atoms with Crippen molar-refractivity contribution in [3.8, 4) is 0 Å². The van der Waals surface area contributed by atoms with E-state index in [1.807, 2.05) is 17.8 Å². The van der Waals surface area contributed by atoms with Crippen LogP contribution >= 0.6 is 0 Å². The molecule has 0 aliphatic heterocycles. The van der Waals surface area contributed by atoms with Crippen LogP contribution in [0.1, 0.15) is 29.5 Å². The standard InChI is InChI=1S/C17H20N4O2/c1-11-8-14(11)17(23)20-13-5-3-4-12(9-13)16(22)19-10-15-18-6-7-21(15)2/h3-7,9,11,14H,8,10H2,1-2H3,(H,19,22)(H,20,23)/t11-,14+/m0/s1. The zero-order valence-electron chi connectivity index (χ0n) is 13.2. The second kappa shape index (κ2) is 6.24. The van der Waals surface area contributed by atoms with Crippen molar-refractivity contribution < 1.29 is 9.59 Å². The predicted molar refractivity (Wildman–Crippen MR) is 86.7 cm³/mol. The maximum Gasteiger partial charge on any atom is 0.251 e. The lowest BCUT2D eigenvalue weighted by Gasteiger charge is -2.08. The van der Waals surface area contributed by atoms with Gasteiger partial charge in [-0.05, 0) is 30.5 Å². The molecule has 23 heavy (non-hydrogen) atoms. The van der Waals surface area contributed by atoms with E-state index in [1.54, 1.807) is 30.5 Å². The molecule has 0 saturated heterocycles. The van der Waals surface area contributed by atoms with E-state index in [-0.39, 0.29) is 17.7 Å². The summed E-state index contributed by atoms with van der Waals surface area (Å²) in [6.45, 7) is 2.42. The van der Waals surface area contributed by atoms with Gasteiger partial charge in [0.1, 0.15) is 5.82 Å². The molecule has 1 aromatic carbocycles. The van der Waals surface area contributed by atoms with Crippen LogP contribution in [0.5, 0.6) is 0 Å². The van der Waals surface area contributed by atoms with Crippen molar-refractivity contribution in [2.24, 2.45) is 18.9 Å². The van der Waals surface area contributed by atoms with Gasteiger partial charge in [-0.15, -0.1) is 0 Å². The Morgan fingerprint density at radius 2 is 2.17 bits per heavy atom. The molecule has 0 spiro atoms. The number of rotatable bonds is 5.